The van der Waals surface area contributed by atoms with Crippen molar-refractivity contribution < 1.29 is 0 Å². The highest BCUT2D eigenvalue weighted by Crippen LogP contribution is 2.33. The molecule has 1 aromatic heterocycles. The lowest BCUT2D eigenvalue weighted by atomic mass is 9.80. The summed E-state index contributed by atoms with van der Waals surface area (Å²) in [6.07, 6.45) is 9.19. The first kappa shape index (κ1) is 10.6. The van der Waals surface area contributed by atoms with E-state index in [1.165, 1.54) is 36.8 Å². The van der Waals surface area contributed by atoms with Crippen molar-refractivity contribution >= 4 is 0 Å². The molecule has 0 spiro atoms. The molecular weight excluding hydrogens is 184 g/mol. The number of pyridine rings is 1. The SMILES string of the molecule is CNC1CCCC(c2cnccc2C)C1. The Labute approximate surface area is 92.1 Å². The monoisotopic (exact) mass is 204 g/mol. The Morgan fingerprint density at radius 3 is 3.00 bits per heavy atom. The predicted molar refractivity (Wildman–Crippen MR) is 63.0 cm³/mol. The normalized spacial score (nSPS) is 26.5. The third-order valence-electron chi connectivity index (χ3n) is 3.60. The minimum atomic E-state index is 0.698. The summed E-state index contributed by atoms with van der Waals surface area (Å²) in [7, 11) is 2.07. The predicted octanol–water partition coefficient (Wildman–Crippen LogP) is 2.64. The maximum atomic E-state index is 4.25. The molecule has 0 aliphatic heterocycles. The lowest BCUT2D eigenvalue weighted by Gasteiger charge is -2.29. The minimum Gasteiger partial charge on any atom is -0.317 e. The Morgan fingerprint density at radius 1 is 1.40 bits per heavy atom. The average molecular weight is 204 g/mol. The number of hydrogen-bond donors (Lipinski definition) is 1. The lowest BCUT2D eigenvalue weighted by Crippen LogP contribution is -2.30. The number of nitrogens with zero attached hydrogens (tertiary/aromatic N) is 1. The largest absolute Gasteiger partial charge is 0.317 e. The zero-order valence-corrected chi connectivity index (χ0v) is 9.66. The Hall–Kier alpha value is -0.890. The van der Waals surface area contributed by atoms with Gasteiger partial charge in [-0.1, -0.05) is 6.42 Å². The van der Waals surface area contributed by atoms with Gasteiger partial charge < -0.3 is 5.32 Å². The molecule has 2 rings (SSSR count). The van der Waals surface area contributed by atoms with Crippen LogP contribution in [0.15, 0.2) is 18.5 Å². The summed E-state index contributed by atoms with van der Waals surface area (Å²) in [6.45, 7) is 2.19. The molecule has 0 bridgehead atoms. The Bertz CT molecular complexity index is 322. The molecule has 1 heterocycles. The summed E-state index contributed by atoms with van der Waals surface area (Å²) in [6, 6.07) is 2.82. The second kappa shape index (κ2) is 4.75. The first-order valence-electron chi connectivity index (χ1n) is 5.89. The van der Waals surface area contributed by atoms with Gasteiger partial charge in [0, 0.05) is 18.4 Å². The van der Waals surface area contributed by atoms with Gasteiger partial charge in [-0.05, 0) is 56.3 Å². The number of hydrogen-bond acceptors (Lipinski definition) is 2. The van der Waals surface area contributed by atoms with Crippen LogP contribution in [0.4, 0.5) is 0 Å². The molecule has 15 heavy (non-hydrogen) atoms. The quantitative estimate of drug-likeness (QED) is 0.801. The maximum Gasteiger partial charge on any atom is 0.0305 e. The molecule has 2 atom stereocenters. The minimum absolute atomic E-state index is 0.698. The molecule has 0 saturated heterocycles. The number of rotatable bonds is 2. The van der Waals surface area contributed by atoms with Crippen LogP contribution in [-0.2, 0) is 0 Å². The van der Waals surface area contributed by atoms with Gasteiger partial charge in [-0.25, -0.2) is 0 Å². The summed E-state index contributed by atoms with van der Waals surface area (Å²) < 4.78 is 0. The molecular formula is C13H20N2. The molecule has 82 valence electrons. The van der Waals surface area contributed by atoms with Crippen molar-refractivity contribution in [2.45, 2.75) is 44.6 Å². The van der Waals surface area contributed by atoms with Gasteiger partial charge in [0.05, 0.1) is 0 Å². The molecule has 2 heteroatoms. The zero-order valence-electron chi connectivity index (χ0n) is 9.66. The van der Waals surface area contributed by atoms with Gasteiger partial charge in [-0.15, -0.1) is 0 Å². The highest BCUT2D eigenvalue weighted by molar-refractivity contribution is 5.26. The molecule has 1 aromatic rings. The van der Waals surface area contributed by atoms with Crippen LogP contribution in [0.1, 0.15) is 42.7 Å². The third-order valence-corrected chi connectivity index (χ3v) is 3.60. The fraction of sp³-hybridized carbons (Fsp3) is 0.615. The highest BCUT2D eigenvalue weighted by Gasteiger charge is 2.23. The van der Waals surface area contributed by atoms with Crippen molar-refractivity contribution in [1.29, 1.82) is 0 Å². The van der Waals surface area contributed by atoms with Crippen LogP contribution in [0.25, 0.3) is 0 Å². The summed E-state index contributed by atoms with van der Waals surface area (Å²) >= 11 is 0. The second-order valence-electron chi connectivity index (χ2n) is 4.58. The maximum absolute atomic E-state index is 4.25. The van der Waals surface area contributed by atoms with E-state index < -0.39 is 0 Å². The van der Waals surface area contributed by atoms with E-state index in [9.17, 15) is 0 Å². The molecule has 1 aliphatic rings. The van der Waals surface area contributed by atoms with E-state index in [1.807, 2.05) is 6.20 Å². The fourth-order valence-electron chi connectivity index (χ4n) is 2.64. The van der Waals surface area contributed by atoms with Crippen molar-refractivity contribution in [1.82, 2.24) is 10.3 Å². The van der Waals surface area contributed by atoms with Crippen LogP contribution in [0.2, 0.25) is 0 Å². The van der Waals surface area contributed by atoms with Gasteiger partial charge in [0.25, 0.3) is 0 Å². The smallest absolute Gasteiger partial charge is 0.0305 e. The molecule has 1 saturated carbocycles. The zero-order chi connectivity index (χ0) is 10.7. The molecule has 0 amide bonds. The molecule has 0 aromatic carbocycles. The Balaban J connectivity index is 2.13. The highest BCUT2D eigenvalue weighted by atomic mass is 14.9. The molecule has 1 aliphatic carbocycles. The Kier molecular flexibility index (Phi) is 3.37. The molecule has 2 nitrogen and oxygen atoms in total. The van der Waals surface area contributed by atoms with Gasteiger partial charge >= 0.3 is 0 Å². The van der Waals surface area contributed by atoms with Crippen molar-refractivity contribution in [3.05, 3.63) is 29.6 Å². The van der Waals surface area contributed by atoms with Crippen LogP contribution < -0.4 is 5.32 Å². The van der Waals surface area contributed by atoms with Gasteiger partial charge in [0.1, 0.15) is 0 Å². The van der Waals surface area contributed by atoms with Crippen LogP contribution in [0, 0.1) is 6.92 Å². The molecule has 2 unspecified atom stereocenters. The fourth-order valence-corrected chi connectivity index (χ4v) is 2.64. The average Bonchev–Trinajstić information content (AvgIpc) is 2.30. The third kappa shape index (κ3) is 2.37. The molecule has 1 N–H and O–H groups in total. The molecule has 1 fully saturated rings. The van der Waals surface area contributed by atoms with E-state index in [0.717, 1.165) is 0 Å². The van der Waals surface area contributed by atoms with E-state index >= 15 is 0 Å². The topological polar surface area (TPSA) is 24.9 Å². The first-order chi connectivity index (χ1) is 7.31. The van der Waals surface area contributed by atoms with E-state index in [0.29, 0.717) is 12.0 Å². The van der Waals surface area contributed by atoms with Crippen LogP contribution in [0.5, 0.6) is 0 Å². The van der Waals surface area contributed by atoms with E-state index in [2.05, 4.69) is 36.5 Å². The van der Waals surface area contributed by atoms with E-state index in [4.69, 9.17) is 0 Å². The lowest BCUT2D eigenvalue weighted by molar-refractivity contribution is 0.354. The van der Waals surface area contributed by atoms with Crippen molar-refractivity contribution in [3.8, 4) is 0 Å². The molecule has 0 radical (unpaired) electrons. The van der Waals surface area contributed by atoms with E-state index in [1.54, 1.807) is 0 Å². The second-order valence-corrected chi connectivity index (χ2v) is 4.58. The van der Waals surface area contributed by atoms with Crippen LogP contribution in [-0.4, -0.2) is 18.1 Å². The number of aromatic nitrogens is 1. The van der Waals surface area contributed by atoms with Crippen LogP contribution in [0.3, 0.4) is 0 Å². The van der Waals surface area contributed by atoms with Crippen molar-refractivity contribution in [2.24, 2.45) is 0 Å². The van der Waals surface area contributed by atoms with Gasteiger partial charge in [-0.3, -0.25) is 4.98 Å². The van der Waals surface area contributed by atoms with Crippen molar-refractivity contribution in [3.63, 3.8) is 0 Å². The first-order valence-corrected chi connectivity index (χ1v) is 5.89. The van der Waals surface area contributed by atoms with E-state index in [-0.39, 0.29) is 0 Å². The van der Waals surface area contributed by atoms with Crippen molar-refractivity contribution in [2.75, 3.05) is 7.05 Å². The summed E-state index contributed by atoms with van der Waals surface area (Å²) in [4.78, 5) is 4.25. The Morgan fingerprint density at radius 2 is 2.27 bits per heavy atom. The summed E-state index contributed by atoms with van der Waals surface area (Å²) in [5.74, 6) is 0.713. The summed E-state index contributed by atoms with van der Waals surface area (Å²) in [5.41, 5.74) is 2.85. The van der Waals surface area contributed by atoms with Gasteiger partial charge in [0.2, 0.25) is 0 Å². The summed E-state index contributed by atoms with van der Waals surface area (Å²) in [5, 5.41) is 3.40. The van der Waals surface area contributed by atoms with Crippen LogP contribution >= 0.6 is 0 Å². The number of aryl methyl sites for hydroxylation is 1. The van der Waals surface area contributed by atoms with Gasteiger partial charge in [0.15, 0.2) is 0 Å². The number of nitrogens with one attached hydrogen (secondary N) is 1. The van der Waals surface area contributed by atoms with Gasteiger partial charge in [-0.2, -0.15) is 0 Å². The standard InChI is InChI=1S/C13H20N2/c1-10-6-7-15-9-13(10)11-4-3-5-12(8-11)14-2/h6-7,9,11-12,14H,3-5,8H2,1-2H3.